The minimum Gasteiger partial charge on any atom is -0.228 e. The quantitative estimate of drug-likeness (QED) is 0.650. The first kappa shape index (κ1) is 21.3. The lowest BCUT2D eigenvalue weighted by Gasteiger charge is -2.30. The van der Waals surface area contributed by atoms with Crippen LogP contribution in [-0.2, 0) is 22.4 Å². The van der Waals surface area contributed by atoms with Crippen LogP contribution in [0.1, 0.15) is 64.0 Å². The second kappa shape index (κ2) is 7.91. The summed E-state index contributed by atoms with van der Waals surface area (Å²) in [6, 6.07) is 5.55. The normalized spacial score (nSPS) is 22.4. The average Bonchev–Trinajstić information content (AvgIpc) is 2.52. The molecule has 6 heteroatoms. The Kier molecular flexibility index (Phi) is 6.47. The van der Waals surface area contributed by atoms with Crippen molar-refractivity contribution in [2.75, 3.05) is 5.75 Å². The maximum Gasteiger partial charge on any atom is 0.416 e. The Labute approximate surface area is 155 Å². The van der Waals surface area contributed by atoms with Crippen LogP contribution < -0.4 is 0 Å². The van der Waals surface area contributed by atoms with E-state index in [2.05, 4.69) is 0 Å². The summed E-state index contributed by atoms with van der Waals surface area (Å²) in [5, 5.41) is 0. The predicted molar refractivity (Wildman–Crippen MR) is 98.8 cm³/mol. The van der Waals surface area contributed by atoms with E-state index in [4.69, 9.17) is 0 Å². The van der Waals surface area contributed by atoms with Gasteiger partial charge in [-0.15, -0.1) is 0 Å². The Morgan fingerprint density at radius 2 is 1.58 bits per heavy atom. The van der Waals surface area contributed by atoms with Gasteiger partial charge in [-0.05, 0) is 69.9 Å². The van der Waals surface area contributed by atoms with Crippen LogP contribution in [0.15, 0.2) is 24.3 Å². The lowest BCUT2D eigenvalue weighted by Crippen LogP contribution is -2.34. The Bertz CT molecular complexity index is 695. The summed E-state index contributed by atoms with van der Waals surface area (Å²) < 4.78 is 62.3. The van der Waals surface area contributed by atoms with Crippen LogP contribution in [0, 0.1) is 11.8 Å². The molecule has 1 aromatic rings. The topological polar surface area (TPSA) is 34.1 Å². The summed E-state index contributed by atoms with van der Waals surface area (Å²) in [5.41, 5.74) is 0.128. The lowest BCUT2D eigenvalue weighted by molar-refractivity contribution is -0.137. The van der Waals surface area contributed by atoms with Gasteiger partial charge in [-0.2, -0.15) is 13.2 Å². The predicted octanol–water partition coefficient (Wildman–Crippen LogP) is 5.66. The molecule has 0 bridgehead atoms. The maximum atomic E-state index is 12.8. The second-order valence-electron chi connectivity index (χ2n) is 8.52. The van der Waals surface area contributed by atoms with Gasteiger partial charge in [0.15, 0.2) is 9.84 Å². The molecule has 1 aliphatic carbocycles. The number of hydrogen-bond donors (Lipinski definition) is 0. The van der Waals surface area contributed by atoms with E-state index in [9.17, 15) is 21.6 Å². The number of aryl methyl sites for hydroxylation is 1. The number of sulfone groups is 1. The Morgan fingerprint density at radius 3 is 2.12 bits per heavy atom. The molecule has 0 heterocycles. The summed E-state index contributed by atoms with van der Waals surface area (Å²) in [6.07, 6.45) is 0.907. The van der Waals surface area contributed by atoms with Gasteiger partial charge in [-0.1, -0.05) is 31.0 Å². The van der Waals surface area contributed by atoms with Gasteiger partial charge >= 0.3 is 6.18 Å². The molecule has 0 aromatic heterocycles. The van der Waals surface area contributed by atoms with Gasteiger partial charge < -0.3 is 0 Å². The highest BCUT2D eigenvalue weighted by Gasteiger charge is 2.33. The number of rotatable bonds is 5. The fourth-order valence-corrected chi connectivity index (χ4v) is 4.98. The van der Waals surface area contributed by atoms with Crippen LogP contribution >= 0.6 is 0 Å². The molecule has 26 heavy (non-hydrogen) atoms. The van der Waals surface area contributed by atoms with Crippen LogP contribution in [-0.4, -0.2) is 18.9 Å². The van der Waals surface area contributed by atoms with Gasteiger partial charge in [0.25, 0.3) is 0 Å². The fourth-order valence-electron chi connectivity index (χ4n) is 3.52. The molecule has 1 aromatic carbocycles. The van der Waals surface area contributed by atoms with Crippen molar-refractivity contribution in [2.45, 2.75) is 70.2 Å². The van der Waals surface area contributed by atoms with Crippen LogP contribution in [0.25, 0.3) is 0 Å². The number of benzene rings is 1. The van der Waals surface area contributed by atoms with E-state index < -0.39 is 26.3 Å². The van der Waals surface area contributed by atoms with E-state index in [1.54, 1.807) is 26.8 Å². The van der Waals surface area contributed by atoms with Crippen molar-refractivity contribution in [3.8, 4) is 0 Å². The molecule has 0 unspecified atom stereocenters. The summed E-state index contributed by atoms with van der Waals surface area (Å²) in [6.45, 7) is 5.22. The van der Waals surface area contributed by atoms with Gasteiger partial charge in [-0.25, -0.2) is 8.42 Å². The van der Waals surface area contributed by atoms with E-state index in [1.165, 1.54) is 12.1 Å². The first-order valence-corrected chi connectivity index (χ1v) is 10.9. The molecule has 0 saturated heterocycles. The third kappa shape index (κ3) is 5.73. The highest BCUT2D eigenvalue weighted by atomic mass is 32.2. The summed E-state index contributed by atoms with van der Waals surface area (Å²) in [7, 11) is -3.10. The lowest BCUT2D eigenvalue weighted by atomic mass is 9.80. The van der Waals surface area contributed by atoms with E-state index in [0.29, 0.717) is 12.3 Å². The molecule has 2 nitrogen and oxygen atoms in total. The van der Waals surface area contributed by atoms with Crippen molar-refractivity contribution in [1.29, 1.82) is 0 Å². The number of halogens is 3. The summed E-state index contributed by atoms with van der Waals surface area (Å²) in [4.78, 5) is 0. The van der Waals surface area contributed by atoms with Gasteiger partial charge in [0.2, 0.25) is 0 Å². The van der Waals surface area contributed by atoms with Gasteiger partial charge in [0.05, 0.1) is 16.1 Å². The SMILES string of the molecule is CC(C)(C)S(=O)(=O)CC1CCC(CCc2cccc(C(F)(F)F)c2)CC1. The largest absolute Gasteiger partial charge is 0.416 e. The standard InChI is InChI=1S/C20H29F3O2S/c1-19(2,3)26(24,25)14-17-11-8-15(9-12-17)7-10-16-5-4-6-18(13-16)20(21,22)23/h4-6,13,15,17H,7-12,14H2,1-3H3. The third-order valence-electron chi connectivity index (χ3n) is 5.45. The first-order valence-electron chi connectivity index (χ1n) is 9.27. The first-order chi connectivity index (χ1) is 11.9. The van der Waals surface area contributed by atoms with Crippen molar-refractivity contribution in [3.05, 3.63) is 35.4 Å². The molecule has 148 valence electrons. The minimum atomic E-state index is -4.30. The van der Waals surface area contributed by atoms with E-state index in [-0.39, 0.29) is 11.7 Å². The molecule has 2 rings (SSSR count). The summed E-state index contributed by atoms with van der Waals surface area (Å²) in [5.74, 6) is 0.929. The zero-order valence-electron chi connectivity index (χ0n) is 15.8. The Balaban J connectivity index is 1.83. The number of alkyl halides is 3. The molecular formula is C20H29F3O2S. The van der Waals surface area contributed by atoms with Crippen molar-refractivity contribution >= 4 is 9.84 Å². The van der Waals surface area contributed by atoms with E-state index in [0.717, 1.165) is 43.7 Å². The molecule has 1 saturated carbocycles. The van der Waals surface area contributed by atoms with Crippen LogP contribution in [0.3, 0.4) is 0 Å². The molecule has 0 amide bonds. The van der Waals surface area contributed by atoms with Crippen LogP contribution in [0.2, 0.25) is 0 Å². The summed E-state index contributed by atoms with van der Waals surface area (Å²) >= 11 is 0. The molecule has 0 radical (unpaired) electrons. The van der Waals surface area contributed by atoms with Crippen molar-refractivity contribution in [1.82, 2.24) is 0 Å². The van der Waals surface area contributed by atoms with Crippen LogP contribution in [0.5, 0.6) is 0 Å². The molecule has 0 spiro atoms. The van der Waals surface area contributed by atoms with Gasteiger partial charge in [-0.3, -0.25) is 0 Å². The third-order valence-corrected chi connectivity index (χ3v) is 8.23. The Hall–Kier alpha value is -1.04. The maximum absolute atomic E-state index is 12.8. The smallest absolute Gasteiger partial charge is 0.228 e. The van der Waals surface area contributed by atoms with Crippen LogP contribution in [0.4, 0.5) is 13.2 Å². The van der Waals surface area contributed by atoms with Crippen molar-refractivity contribution < 1.29 is 21.6 Å². The molecule has 0 aliphatic heterocycles. The number of hydrogen-bond acceptors (Lipinski definition) is 2. The Morgan fingerprint density at radius 1 is 1.00 bits per heavy atom. The highest BCUT2D eigenvalue weighted by Crippen LogP contribution is 2.35. The fraction of sp³-hybridized carbons (Fsp3) is 0.700. The molecule has 1 fully saturated rings. The van der Waals surface area contributed by atoms with E-state index >= 15 is 0 Å². The monoisotopic (exact) mass is 390 g/mol. The highest BCUT2D eigenvalue weighted by molar-refractivity contribution is 7.92. The molecule has 0 atom stereocenters. The van der Waals surface area contributed by atoms with Gasteiger partial charge in [0.1, 0.15) is 0 Å². The van der Waals surface area contributed by atoms with E-state index in [1.807, 2.05) is 0 Å². The zero-order valence-corrected chi connectivity index (χ0v) is 16.6. The second-order valence-corrected chi connectivity index (χ2v) is 11.3. The van der Waals surface area contributed by atoms with Crippen molar-refractivity contribution in [3.63, 3.8) is 0 Å². The zero-order chi connectivity index (χ0) is 19.6. The minimum absolute atomic E-state index is 0.212. The molecular weight excluding hydrogens is 361 g/mol. The molecule has 1 aliphatic rings. The van der Waals surface area contributed by atoms with Gasteiger partial charge in [0, 0.05) is 0 Å². The van der Waals surface area contributed by atoms with Crippen molar-refractivity contribution in [2.24, 2.45) is 11.8 Å². The average molecular weight is 391 g/mol. The molecule has 0 N–H and O–H groups in total.